The standard InChI is InChI=1S/C25H24F2N2O2/c1-17(20-14-9-15-21(16-20)25(2,26)27)29(24(31)19-12-7-4-8-13-19)22(23(28)30)18-10-5-3-6-11-18/h3-17,22H,1-2H3,(H2,28,30)/t17-,22-/m1/s1. The Hall–Kier alpha value is -3.54. The van der Waals surface area contributed by atoms with Gasteiger partial charge in [-0.2, -0.15) is 0 Å². The van der Waals surface area contributed by atoms with Crippen LogP contribution in [-0.4, -0.2) is 16.7 Å². The van der Waals surface area contributed by atoms with Gasteiger partial charge in [0.2, 0.25) is 5.91 Å². The lowest BCUT2D eigenvalue weighted by molar-refractivity contribution is -0.123. The zero-order valence-corrected chi connectivity index (χ0v) is 17.3. The Balaban J connectivity index is 2.14. The van der Waals surface area contributed by atoms with Crippen LogP contribution in [0.2, 0.25) is 0 Å². The van der Waals surface area contributed by atoms with Gasteiger partial charge in [-0.05, 0) is 36.2 Å². The lowest BCUT2D eigenvalue weighted by Gasteiger charge is -2.36. The summed E-state index contributed by atoms with van der Waals surface area (Å²) >= 11 is 0. The maximum absolute atomic E-state index is 13.9. The van der Waals surface area contributed by atoms with E-state index < -0.39 is 29.8 Å². The van der Waals surface area contributed by atoms with Gasteiger partial charge in [-0.3, -0.25) is 9.59 Å². The summed E-state index contributed by atoms with van der Waals surface area (Å²) < 4.78 is 27.8. The zero-order valence-electron chi connectivity index (χ0n) is 17.3. The summed E-state index contributed by atoms with van der Waals surface area (Å²) in [5, 5.41) is 0. The minimum atomic E-state index is -3.04. The smallest absolute Gasteiger partial charge is 0.270 e. The summed E-state index contributed by atoms with van der Waals surface area (Å²) in [6.07, 6.45) is 0. The van der Waals surface area contributed by atoms with Gasteiger partial charge >= 0.3 is 0 Å². The molecule has 2 N–H and O–H groups in total. The Morgan fingerprint density at radius 2 is 1.42 bits per heavy atom. The first kappa shape index (κ1) is 22.2. The van der Waals surface area contributed by atoms with Gasteiger partial charge in [-0.15, -0.1) is 0 Å². The normalized spacial score (nSPS) is 13.3. The number of alkyl halides is 2. The molecule has 3 rings (SSSR count). The summed E-state index contributed by atoms with van der Waals surface area (Å²) in [5.41, 5.74) is 6.97. The molecule has 160 valence electrons. The maximum atomic E-state index is 13.9. The molecule has 0 aromatic heterocycles. The molecule has 3 aromatic rings. The highest BCUT2D eigenvalue weighted by Gasteiger charge is 2.35. The fraction of sp³-hybridized carbons (Fsp3) is 0.200. The number of halogens is 2. The molecule has 0 radical (unpaired) electrons. The Morgan fingerprint density at radius 3 is 1.97 bits per heavy atom. The molecule has 0 aliphatic carbocycles. The minimum Gasteiger partial charge on any atom is -0.368 e. The van der Waals surface area contributed by atoms with Crippen LogP contribution < -0.4 is 5.73 Å². The van der Waals surface area contributed by atoms with Gasteiger partial charge in [0.15, 0.2) is 0 Å². The van der Waals surface area contributed by atoms with Crippen LogP contribution in [-0.2, 0) is 10.7 Å². The molecule has 0 spiro atoms. The molecular weight excluding hydrogens is 398 g/mol. The van der Waals surface area contributed by atoms with E-state index in [1.165, 1.54) is 23.1 Å². The zero-order chi connectivity index (χ0) is 22.6. The molecule has 0 bridgehead atoms. The van der Waals surface area contributed by atoms with Crippen molar-refractivity contribution in [3.8, 4) is 0 Å². The summed E-state index contributed by atoms with van der Waals surface area (Å²) in [6, 6.07) is 21.3. The number of hydrogen-bond acceptors (Lipinski definition) is 2. The summed E-state index contributed by atoms with van der Waals surface area (Å²) in [6.45, 7) is 2.52. The number of carbonyl (C=O) groups excluding carboxylic acids is 2. The highest BCUT2D eigenvalue weighted by atomic mass is 19.3. The number of hydrogen-bond donors (Lipinski definition) is 1. The Bertz CT molecular complexity index is 1050. The highest BCUT2D eigenvalue weighted by Crippen LogP contribution is 2.35. The first-order chi connectivity index (χ1) is 14.7. The van der Waals surface area contributed by atoms with Crippen LogP contribution in [0, 0.1) is 0 Å². The second-order valence-electron chi connectivity index (χ2n) is 7.48. The van der Waals surface area contributed by atoms with Crippen molar-refractivity contribution < 1.29 is 18.4 Å². The molecule has 31 heavy (non-hydrogen) atoms. The Kier molecular flexibility index (Phi) is 6.49. The van der Waals surface area contributed by atoms with Crippen molar-refractivity contribution in [3.63, 3.8) is 0 Å². The van der Waals surface area contributed by atoms with Gasteiger partial charge in [0.25, 0.3) is 11.8 Å². The van der Waals surface area contributed by atoms with E-state index in [4.69, 9.17) is 5.73 Å². The second-order valence-corrected chi connectivity index (χ2v) is 7.48. The number of rotatable bonds is 7. The van der Waals surface area contributed by atoms with Crippen molar-refractivity contribution in [2.45, 2.75) is 31.9 Å². The van der Waals surface area contributed by atoms with Gasteiger partial charge in [0.05, 0.1) is 6.04 Å². The Morgan fingerprint density at radius 1 is 0.871 bits per heavy atom. The molecule has 6 heteroatoms. The van der Waals surface area contributed by atoms with E-state index in [0.29, 0.717) is 16.7 Å². The predicted octanol–water partition coefficient (Wildman–Crippen LogP) is 5.23. The van der Waals surface area contributed by atoms with Crippen LogP contribution in [0.1, 0.15) is 53.0 Å². The quantitative estimate of drug-likeness (QED) is 0.567. The number of nitrogens with zero attached hydrogens (tertiary/aromatic N) is 1. The summed E-state index contributed by atoms with van der Waals surface area (Å²) in [5.74, 6) is -4.17. The van der Waals surface area contributed by atoms with Crippen LogP contribution in [0.3, 0.4) is 0 Å². The fourth-order valence-electron chi connectivity index (χ4n) is 3.58. The topological polar surface area (TPSA) is 63.4 Å². The third kappa shape index (κ3) is 4.97. The van der Waals surface area contributed by atoms with Crippen LogP contribution in [0.4, 0.5) is 8.78 Å². The van der Waals surface area contributed by atoms with Crippen LogP contribution >= 0.6 is 0 Å². The van der Waals surface area contributed by atoms with Gasteiger partial charge < -0.3 is 10.6 Å². The highest BCUT2D eigenvalue weighted by molar-refractivity contribution is 5.98. The molecule has 0 aliphatic heterocycles. The fourth-order valence-corrected chi connectivity index (χ4v) is 3.58. The number of amides is 2. The largest absolute Gasteiger partial charge is 0.368 e. The van der Waals surface area contributed by atoms with Crippen molar-refractivity contribution in [2.75, 3.05) is 0 Å². The lowest BCUT2D eigenvalue weighted by Crippen LogP contribution is -2.43. The molecular formula is C25H24F2N2O2. The molecule has 0 saturated carbocycles. The molecule has 2 amide bonds. The first-order valence-electron chi connectivity index (χ1n) is 9.90. The average Bonchev–Trinajstić information content (AvgIpc) is 2.77. The van der Waals surface area contributed by atoms with Crippen molar-refractivity contribution in [1.82, 2.24) is 4.90 Å². The lowest BCUT2D eigenvalue weighted by atomic mass is 9.96. The number of benzene rings is 3. The van der Waals surface area contributed by atoms with Crippen LogP contribution in [0.15, 0.2) is 84.9 Å². The SMILES string of the molecule is C[C@H](c1cccc(C(C)(F)F)c1)N(C(=O)c1ccccc1)[C@@H](C(N)=O)c1ccccc1. The van der Waals surface area contributed by atoms with Crippen molar-refractivity contribution in [1.29, 1.82) is 0 Å². The molecule has 4 nitrogen and oxygen atoms in total. The monoisotopic (exact) mass is 422 g/mol. The minimum absolute atomic E-state index is 0.167. The molecule has 2 atom stereocenters. The number of carbonyl (C=O) groups is 2. The van der Waals surface area contributed by atoms with Gasteiger partial charge in [0.1, 0.15) is 6.04 Å². The van der Waals surface area contributed by atoms with E-state index in [2.05, 4.69) is 0 Å². The second kappa shape index (κ2) is 9.08. The summed E-state index contributed by atoms with van der Waals surface area (Å²) in [7, 11) is 0. The van der Waals surface area contributed by atoms with E-state index in [0.717, 1.165) is 6.92 Å². The van der Waals surface area contributed by atoms with Gasteiger partial charge in [-0.25, -0.2) is 8.78 Å². The van der Waals surface area contributed by atoms with Crippen LogP contribution in [0.5, 0.6) is 0 Å². The molecule has 0 heterocycles. The van der Waals surface area contributed by atoms with Gasteiger partial charge in [0, 0.05) is 18.1 Å². The van der Waals surface area contributed by atoms with Crippen molar-refractivity contribution in [2.24, 2.45) is 5.73 Å². The van der Waals surface area contributed by atoms with Crippen molar-refractivity contribution in [3.05, 3.63) is 107 Å². The van der Waals surface area contributed by atoms with E-state index in [1.54, 1.807) is 73.7 Å². The van der Waals surface area contributed by atoms with Gasteiger partial charge in [-0.1, -0.05) is 66.7 Å². The van der Waals surface area contributed by atoms with E-state index in [1.807, 2.05) is 0 Å². The van der Waals surface area contributed by atoms with E-state index in [-0.39, 0.29) is 5.56 Å². The predicted molar refractivity (Wildman–Crippen MR) is 115 cm³/mol. The van der Waals surface area contributed by atoms with E-state index >= 15 is 0 Å². The number of nitrogens with two attached hydrogens (primary N) is 1. The molecule has 0 unspecified atom stereocenters. The first-order valence-corrected chi connectivity index (χ1v) is 9.90. The molecule has 0 fully saturated rings. The number of primary amides is 1. The van der Waals surface area contributed by atoms with Crippen molar-refractivity contribution >= 4 is 11.8 Å². The maximum Gasteiger partial charge on any atom is 0.270 e. The third-order valence-corrected chi connectivity index (χ3v) is 5.21. The van der Waals surface area contributed by atoms with Crippen LogP contribution in [0.25, 0.3) is 0 Å². The third-order valence-electron chi connectivity index (χ3n) is 5.21. The Labute approximate surface area is 180 Å². The summed E-state index contributed by atoms with van der Waals surface area (Å²) in [4.78, 5) is 27.4. The molecule has 0 saturated heterocycles. The molecule has 0 aliphatic rings. The van der Waals surface area contributed by atoms with E-state index in [9.17, 15) is 18.4 Å². The average molecular weight is 422 g/mol. The molecule has 3 aromatic carbocycles.